The number of ether oxygens (including phenoxy) is 1. The molecule has 0 bridgehead atoms. The lowest BCUT2D eigenvalue weighted by Gasteiger charge is -2.54. The van der Waals surface area contributed by atoms with E-state index < -0.39 is 26.5 Å². The predicted molar refractivity (Wildman–Crippen MR) is 202 cm³/mol. The van der Waals surface area contributed by atoms with Crippen molar-refractivity contribution in [1.29, 1.82) is 5.26 Å². The van der Waals surface area contributed by atoms with Crippen molar-refractivity contribution in [3.8, 4) is 17.3 Å². The van der Waals surface area contributed by atoms with Gasteiger partial charge in [0.25, 0.3) is 5.91 Å². The molecule has 53 heavy (non-hydrogen) atoms. The average molecular weight is 742 g/mol. The molecule has 1 amide bonds. The second kappa shape index (κ2) is 15.4. The van der Waals surface area contributed by atoms with Gasteiger partial charge in [0.05, 0.1) is 30.5 Å². The number of benzene rings is 1. The molecule has 0 saturated carbocycles. The molecule has 7 rings (SSSR count). The molecule has 3 saturated heterocycles. The molecule has 3 aliphatic rings. The van der Waals surface area contributed by atoms with E-state index in [0.717, 1.165) is 99.3 Å². The van der Waals surface area contributed by atoms with Crippen LogP contribution in [0.2, 0.25) is 25.7 Å². The molecule has 1 aromatic carbocycles. The number of piperidine rings is 2. The van der Waals surface area contributed by atoms with Gasteiger partial charge in [-0.3, -0.25) is 19.3 Å². The zero-order valence-corrected chi connectivity index (χ0v) is 31.9. The average Bonchev–Trinajstić information content (AvgIpc) is 3.79. The summed E-state index contributed by atoms with van der Waals surface area (Å²) in [7, 11) is -3.10. The number of fused-ring (bicyclic) bond motifs is 1. The Labute approximate surface area is 311 Å². The maximum Gasteiger partial charge on any atom is 0.491 e. The number of aromatic nitrogens is 5. The van der Waals surface area contributed by atoms with Crippen molar-refractivity contribution in [1.82, 2.24) is 39.0 Å². The monoisotopic (exact) mass is 741 g/mol. The van der Waals surface area contributed by atoms with E-state index in [1.54, 1.807) is 6.33 Å². The maximum atomic E-state index is 14.5. The molecule has 0 aliphatic carbocycles. The van der Waals surface area contributed by atoms with Crippen LogP contribution in [0, 0.1) is 17.1 Å². The predicted octanol–water partition coefficient (Wildman–Crippen LogP) is 3.47. The fraction of sp³-hybridized carbons (Fsp3) is 0.541. The van der Waals surface area contributed by atoms with Crippen molar-refractivity contribution >= 4 is 37.6 Å². The number of likely N-dealkylation sites (tertiary alicyclic amines) is 3. The van der Waals surface area contributed by atoms with Gasteiger partial charge in [0, 0.05) is 87.8 Å². The molecule has 1 atom stereocenters. The van der Waals surface area contributed by atoms with E-state index >= 15 is 0 Å². The summed E-state index contributed by atoms with van der Waals surface area (Å²) in [5, 5.41) is 34.4. The quantitative estimate of drug-likeness (QED) is 0.163. The molecule has 0 radical (unpaired) electrons. The number of nitriles is 1. The number of rotatable bonds is 12. The molecule has 3 aromatic heterocycles. The van der Waals surface area contributed by atoms with Crippen molar-refractivity contribution in [3.63, 3.8) is 0 Å². The third-order valence-corrected chi connectivity index (χ3v) is 12.9. The van der Waals surface area contributed by atoms with Gasteiger partial charge in [-0.15, -0.1) is 0 Å². The summed E-state index contributed by atoms with van der Waals surface area (Å²) in [6.45, 7) is 11.9. The van der Waals surface area contributed by atoms with E-state index in [0.29, 0.717) is 25.7 Å². The molecule has 6 heterocycles. The highest BCUT2D eigenvalue weighted by Gasteiger charge is 2.48. The van der Waals surface area contributed by atoms with Crippen LogP contribution in [0.1, 0.15) is 48.9 Å². The number of nitrogens with zero attached hydrogens (tertiary/aromatic N) is 9. The fourth-order valence-corrected chi connectivity index (χ4v) is 8.91. The SMILES string of the molecule is C[Si](C)(C)CCOCn1ccc2c(-c3cnn(C4(CC#N)CN(C5CCN(C6CCCCN6C(=O)c6ccc(B(O)O)c(F)c6)CC5)C4)c3)ncnc21. The van der Waals surface area contributed by atoms with E-state index in [-0.39, 0.29) is 23.1 Å². The zero-order valence-electron chi connectivity index (χ0n) is 30.9. The molecule has 1 unspecified atom stereocenters. The Hall–Kier alpha value is -3.98. The molecule has 280 valence electrons. The van der Waals surface area contributed by atoms with Crippen molar-refractivity contribution in [2.24, 2.45) is 0 Å². The second-order valence-electron chi connectivity index (χ2n) is 16.1. The summed E-state index contributed by atoms with van der Waals surface area (Å²) < 4.78 is 24.5. The smallest absolute Gasteiger partial charge is 0.423 e. The van der Waals surface area contributed by atoms with Crippen LogP contribution in [0.15, 0.2) is 49.2 Å². The van der Waals surface area contributed by atoms with Gasteiger partial charge in [-0.1, -0.05) is 25.7 Å². The van der Waals surface area contributed by atoms with Gasteiger partial charge in [0.1, 0.15) is 30.1 Å². The summed E-state index contributed by atoms with van der Waals surface area (Å²) in [6, 6.07) is 9.75. The lowest BCUT2D eigenvalue weighted by atomic mass is 9.79. The summed E-state index contributed by atoms with van der Waals surface area (Å²) in [5.41, 5.74) is 2.05. The van der Waals surface area contributed by atoms with Crippen LogP contribution in [-0.2, 0) is 17.0 Å². The van der Waals surface area contributed by atoms with Crippen LogP contribution >= 0.6 is 0 Å². The number of amides is 1. The zero-order chi connectivity index (χ0) is 37.3. The van der Waals surface area contributed by atoms with Crippen LogP contribution < -0.4 is 5.46 Å². The van der Waals surface area contributed by atoms with Gasteiger partial charge >= 0.3 is 7.12 Å². The first-order valence-corrected chi connectivity index (χ1v) is 22.4. The number of hydrogen-bond acceptors (Lipinski definition) is 10. The minimum Gasteiger partial charge on any atom is -0.423 e. The molecule has 16 heteroatoms. The number of hydrogen-bond donors (Lipinski definition) is 2. The molecule has 4 aromatic rings. The van der Waals surface area contributed by atoms with E-state index in [2.05, 4.69) is 45.5 Å². The molecule has 3 aliphatic heterocycles. The van der Waals surface area contributed by atoms with Crippen molar-refractivity contribution in [2.75, 3.05) is 39.3 Å². The summed E-state index contributed by atoms with van der Waals surface area (Å²) in [4.78, 5) is 29.5. The van der Waals surface area contributed by atoms with Gasteiger partial charge in [0.15, 0.2) is 0 Å². The van der Waals surface area contributed by atoms with Gasteiger partial charge in [-0.05, 0) is 56.3 Å². The largest absolute Gasteiger partial charge is 0.491 e. The van der Waals surface area contributed by atoms with E-state index in [1.165, 1.54) is 12.1 Å². The van der Waals surface area contributed by atoms with E-state index in [9.17, 15) is 24.5 Å². The Morgan fingerprint density at radius 1 is 1.09 bits per heavy atom. The normalized spacial score (nSPS) is 20.0. The minimum atomic E-state index is -1.93. The molecular weight excluding hydrogens is 692 g/mol. The third kappa shape index (κ3) is 7.82. The second-order valence-corrected chi connectivity index (χ2v) is 21.7. The highest BCUT2D eigenvalue weighted by molar-refractivity contribution is 6.76. The standard InChI is InChI=1S/C37H49BFN9O4Si/c1-53(2,3)19-18-52-26-45-17-11-30-34(41-25-42-35(30)45)28-21-43-48(22-28)37(12-13-40)23-46(24-37)29-9-15-44(16-10-29)33-6-4-5-14-47(33)36(49)27-7-8-31(38(50)51)32(39)20-27/h7-8,11,17,20-22,25,29,33,50-51H,4-6,9-10,12,14-16,18-19,23-24,26H2,1-3H3. The molecule has 2 N–H and O–H groups in total. The Balaban J connectivity index is 0.976. The highest BCUT2D eigenvalue weighted by atomic mass is 28.3. The third-order valence-electron chi connectivity index (χ3n) is 11.2. The summed E-state index contributed by atoms with van der Waals surface area (Å²) in [6.07, 6.45) is 12.4. The van der Waals surface area contributed by atoms with Gasteiger partial charge in [-0.2, -0.15) is 10.4 Å². The number of carbonyl (C=O) groups excluding carboxylic acids is 1. The first-order valence-electron chi connectivity index (χ1n) is 18.7. The van der Waals surface area contributed by atoms with E-state index in [1.807, 2.05) is 38.8 Å². The maximum absolute atomic E-state index is 14.5. The van der Waals surface area contributed by atoms with Crippen LogP contribution in [0.5, 0.6) is 0 Å². The van der Waals surface area contributed by atoms with Crippen LogP contribution in [0.3, 0.4) is 0 Å². The van der Waals surface area contributed by atoms with Crippen LogP contribution in [0.4, 0.5) is 4.39 Å². The van der Waals surface area contributed by atoms with E-state index in [4.69, 9.17) is 9.84 Å². The Morgan fingerprint density at radius 2 is 1.89 bits per heavy atom. The van der Waals surface area contributed by atoms with Gasteiger partial charge in [-0.25, -0.2) is 14.4 Å². The van der Waals surface area contributed by atoms with Crippen molar-refractivity contribution in [2.45, 2.75) is 88.7 Å². The highest BCUT2D eigenvalue weighted by Crippen LogP contribution is 2.38. The van der Waals surface area contributed by atoms with Gasteiger partial charge in [0.2, 0.25) is 0 Å². The fourth-order valence-electron chi connectivity index (χ4n) is 8.15. The van der Waals surface area contributed by atoms with Crippen molar-refractivity contribution in [3.05, 3.63) is 60.6 Å². The minimum absolute atomic E-state index is 0.0624. The molecule has 13 nitrogen and oxygen atoms in total. The Kier molecular flexibility index (Phi) is 10.9. The molecule has 3 fully saturated rings. The van der Waals surface area contributed by atoms with Crippen molar-refractivity contribution < 1.29 is 24.0 Å². The summed E-state index contributed by atoms with van der Waals surface area (Å²) in [5.74, 6) is -1.04. The van der Waals surface area contributed by atoms with Crippen LogP contribution in [0.25, 0.3) is 22.3 Å². The lowest BCUT2D eigenvalue weighted by Crippen LogP contribution is -2.67. The first kappa shape index (κ1) is 37.3. The lowest BCUT2D eigenvalue weighted by molar-refractivity contribution is -0.0580. The first-order chi connectivity index (χ1) is 25.5. The Bertz CT molecular complexity index is 1960. The topological polar surface area (TPSA) is 149 Å². The number of halogens is 1. The number of carbonyl (C=O) groups is 1. The Morgan fingerprint density at radius 3 is 2.60 bits per heavy atom. The molecule has 0 spiro atoms. The van der Waals surface area contributed by atoms with Crippen LogP contribution in [-0.4, -0.2) is 122 Å². The summed E-state index contributed by atoms with van der Waals surface area (Å²) >= 11 is 0. The van der Waals surface area contributed by atoms with Gasteiger partial charge < -0.3 is 24.3 Å². The molecular formula is C37H49BFN9O4Si.